The average Bonchev–Trinajstić information content (AvgIpc) is 2.49. The predicted octanol–water partition coefficient (Wildman–Crippen LogP) is 2.44. The summed E-state index contributed by atoms with van der Waals surface area (Å²) in [6.07, 6.45) is 1.39. The summed E-state index contributed by atoms with van der Waals surface area (Å²) in [5.41, 5.74) is 2.63. The van der Waals surface area contributed by atoms with Gasteiger partial charge < -0.3 is 10.1 Å². The lowest BCUT2D eigenvalue weighted by Crippen LogP contribution is -2.05. The first-order chi connectivity index (χ1) is 6.25. The first kappa shape index (κ1) is 8.42. The Morgan fingerprint density at radius 2 is 2.23 bits per heavy atom. The van der Waals surface area contributed by atoms with Crippen LogP contribution >= 0.6 is 0 Å². The van der Waals surface area contributed by atoms with Crippen LogP contribution in [0.3, 0.4) is 0 Å². The van der Waals surface area contributed by atoms with Crippen LogP contribution in [0.4, 0.5) is 5.69 Å². The summed E-state index contributed by atoms with van der Waals surface area (Å²) in [7, 11) is 0. The van der Waals surface area contributed by atoms with Gasteiger partial charge >= 0.3 is 0 Å². The van der Waals surface area contributed by atoms with Crippen molar-refractivity contribution < 1.29 is 4.74 Å². The SMILES string of the molecule is CC(C)Oc1ccc2c(c1)NCC2. The third-order valence-electron chi connectivity index (χ3n) is 2.16. The van der Waals surface area contributed by atoms with Crippen molar-refractivity contribution in [2.75, 3.05) is 11.9 Å². The summed E-state index contributed by atoms with van der Waals surface area (Å²) < 4.78 is 5.60. The van der Waals surface area contributed by atoms with Crippen molar-refractivity contribution >= 4 is 5.69 Å². The Balaban J connectivity index is 2.21. The summed E-state index contributed by atoms with van der Waals surface area (Å²) in [6, 6.07) is 6.28. The molecule has 1 aromatic rings. The van der Waals surface area contributed by atoms with E-state index in [2.05, 4.69) is 17.4 Å². The average molecular weight is 177 g/mol. The van der Waals surface area contributed by atoms with Gasteiger partial charge in [0.1, 0.15) is 5.75 Å². The van der Waals surface area contributed by atoms with Crippen molar-refractivity contribution in [3.05, 3.63) is 23.8 Å². The molecule has 0 spiro atoms. The molecule has 2 nitrogen and oxygen atoms in total. The molecule has 0 unspecified atom stereocenters. The van der Waals surface area contributed by atoms with Gasteiger partial charge in [0.15, 0.2) is 0 Å². The zero-order valence-electron chi connectivity index (χ0n) is 8.13. The van der Waals surface area contributed by atoms with E-state index < -0.39 is 0 Å². The number of benzene rings is 1. The van der Waals surface area contributed by atoms with Crippen LogP contribution in [-0.2, 0) is 6.42 Å². The fourth-order valence-corrected chi connectivity index (χ4v) is 1.62. The van der Waals surface area contributed by atoms with Crippen LogP contribution in [0.25, 0.3) is 0 Å². The smallest absolute Gasteiger partial charge is 0.121 e. The fraction of sp³-hybridized carbons (Fsp3) is 0.455. The maximum absolute atomic E-state index is 5.60. The van der Waals surface area contributed by atoms with Crippen molar-refractivity contribution in [1.82, 2.24) is 0 Å². The normalized spacial score (nSPS) is 14.1. The van der Waals surface area contributed by atoms with Gasteiger partial charge in [-0.1, -0.05) is 6.07 Å². The molecule has 0 atom stereocenters. The van der Waals surface area contributed by atoms with E-state index in [-0.39, 0.29) is 6.10 Å². The molecule has 1 N–H and O–H groups in total. The minimum Gasteiger partial charge on any atom is -0.491 e. The monoisotopic (exact) mass is 177 g/mol. The third kappa shape index (κ3) is 1.77. The molecule has 0 aromatic heterocycles. The highest BCUT2D eigenvalue weighted by atomic mass is 16.5. The maximum Gasteiger partial charge on any atom is 0.121 e. The van der Waals surface area contributed by atoms with Crippen molar-refractivity contribution in [3.63, 3.8) is 0 Å². The second-order valence-corrected chi connectivity index (χ2v) is 3.66. The zero-order chi connectivity index (χ0) is 9.26. The second kappa shape index (κ2) is 3.29. The second-order valence-electron chi connectivity index (χ2n) is 3.66. The molecule has 1 aliphatic rings. The number of nitrogens with one attached hydrogen (secondary N) is 1. The number of hydrogen-bond donors (Lipinski definition) is 1. The molecular formula is C11H15NO. The van der Waals surface area contributed by atoms with E-state index in [4.69, 9.17) is 4.74 Å². The predicted molar refractivity (Wildman–Crippen MR) is 54.4 cm³/mol. The van der Waals surface area contributed by atoms with Crippen molar-refractivity contribution in [2.24, 2.45) is 0 Å². The number of fused-ring (bicyclic) bond motifs is 1. The summed E-state index contributed by atoms with van der Waals surface area (Å²) in [5.74, 6) is 0.961. The Morgan fingerprint density at radius 1 is 1.38 bits per heavy atom. The molecule has 0 amide bonds. The fourth-order valence-electron chi connectivity index (χ4n) is 1.62. The molecule has 0 bridgehead atoms. The molecule has 13 heavy (non-hydrogen) atoms. The highest BCUT2D eigenvalue weighted by Crippen LogP contribution is 2.27. The Hall–Kier alpha value is -1.18. The van der Waals surface area contributed by atoms with Gasteiger partial charge in [-0.25, -0.2) is 0 Å². The van der Waals surface area contributed by atoms with Crippen LogP contribution < -0.4 is 10.1 Å². The lowest BCUT2D eigenvalue weighted by atomic mass is 10.1. The molecule has 0 saturated carbocycles. The molecule has 0 radical (unpaired) electrons. The summed E-state index contributed by atoms with van der Waals surface area (Å²) in [6.45, 7) is 5.14. The Morgan fingerprint density at radius 3 is 3.00 bits per heavy atom. The summed E-state index contributed by atoms with van der Waals surface area (Å²) in [5, 5.41) is 3.33. The number of rotatable bonds is 2. The van der Waals surface area contributed by atoms with Gasteiger partial charge in [0.2, 0.25) is 0 Å². The van der Waals surface area contributed by atoms with Gasteiger partial charge in [0.25, 0.3) is 0 Å². The standard InChI is InChI=1S/C11H15NO/c1-8(2)13-10-4-3-9-5-6-12-11(9)7-10/h3-4,7-8,12H,5-6H2,1-2H3. The van der Waals surface area contributed by atoms with Gasteiger partial charge in [0.05, 0.1) is 6.10 Å². The highest BCUT2D eigenvalue weighted by Gasteiger charge is 2.10. The van der Waals surface area contributed by atoms with E-state index in [1.807, 2.05) is 19.9 Å². The Bertz CT molecular complexity index is 307. The number of ether oxygens (including phenoxy) is 1. The lowest BCUT2D eigenvalue weighted by Gasteiger charge is -2.10. The number of hydrogen-bond acceptors (Lipinski definition) is 2. The van der Waals surface area contributed by atoms with E-state index >= 15 is 0 Å². The van der Waals surface area contributed by atoms with E-state index in [1.165, 1.54) is 11.3 Å². The van der Waals surface area contributed by atoms with E-state index in [1.54, 1.807) is 0 Å². The quantitative estimate of drug-likeness (QED) is 0.749. The van der Waals surface area contributed by atoms with Gasteiger partial charge in [-0.05, 0) is 31.9 Å². The van der Waals surface area contributed by atoms with Crippen molar-refractivity contribution in [3.8, 4) is 5.75 Å². The molecule has 2 heteroatoms. The van der Waals surface area contributed by atoms with Crippen LogP contribution in [0.1, 0.15) is 19.4 Å². The van der Waals surface area contributed by atoms with Crippen LogP contribution in [0.15, 0.2) is 18.2 Å². The Labute approximate surface area is 78.9 Å². The van der Waals surface area contributed by atoms with Gasteiger partial charge in [-0.3, -0.25) is 0 Å². The third-order valence-corrected chi connectivity index (χ3v) is 2.16. The van der Waals surface area contributed by atoms with E-state index in [0.717, 1.165) is 18.7 Å². The number of anilines is 1. The molecule has 70 valence electrons. The van der Waals surface area contributed by atoms with Crippen molar-refractivity contribution in [1.29, 1.82) is 0 Å². The van der Waals surface area contributed by atoms with Crippen LogP contribution in [-0.4, -0.2) is 12.6 Å². The zero-order valence-corrected chi connectivity index (χ0v) is 8.13. The Kier molecular flexibility index (Phi) is 2.13. The van der Waals surface area contributed by atoms with Crippen molar-refractivity contribution in [2.45, 2.75) is 26.4 Å². The molecule has 0 fully saturated rings. The van der Waals surface area contributed by atoms with Crippen LogP contribution in [0, 0.1) is 0 Å². The summed E-state index contributed by atoms with van der Waals surface area (Å²) >= 11 is 0. The van der Waals surface area contributed by atoms with Crippen LogP contribution in [0.5, 0.6) is 5.75 Å². The van der Waals surface area contributed by atoms with E-state index in [9.17, 15) is 0 Å². The molecule has 0 saturated heterocycles. The first-order valence-electron chi connectivity index (χ1n) is 4.79. The van der Waals surface area contributed by atoms with Gasteiger partial charge in [0, 0.05) is 18.3 Å². The first-order valence-corrected chi connectivity index (χ1v) is 4.79. The molecule has 0 aliphatic carbocycles. The minimum atomic E-state index is 0.249. The topological polar surface area (TPSA) is 21.3 Å². The maximum atomic E-state index is 5.60. The highest BCUT2D eigenvalue weighted by molar-refractivity contribution is 5.58. The molecule has 1 heterocycles. The van der Waals surface area contributed by atoms with Gasteiger partial charge in [-0.15, -0.1) is 0 Å². The van der Waals surface area contributed by atoms with Crippen LogP contribution in [0.2, 0.25) is 0 Å². The largest absolute Gasteiger partial charge is 0.491 e. The minimum absolute atomic E-state index is 0.249. The molecule has 1 aliphatic heterocycles. The van der Waals surface area contributed by atoms with Gasteiger partial charge in [-0.2, -0.15) is 0 Å². The molecular weight excluding hydrogens is 162 g/mol. The van der Waals surface area contributed by atoms with E-state index in [0.29, 0.717) is 0 Å². The molecule has 1 aromatic carbocycles. The summed E-state index contributed by atoms with van der Waals surface area (Å²) in [4.78, 5) is 0. The lowest BCUT2D eigenvalue weighted by molar-refractivity contribution is 0.242. The molecule has 2 rings (SSSR count).